The van der Waals surface area contributed by atoms with E-state index in [2.05, 4.69) is 4.72 Å². The Bertz CT molecular complexity index is 1020. The van der Waals surface area contributed by atoms with Gasteiger partial charge in [0, 0.05) is 30.2 Å². The van der Waals surface area contributed by atoms with Crippen molar-refractivity contribution in [1.29, 1.82) is 0 Å². The molecule has 0 bridgehead atoms. The summed E-state index contributed by atoms with van der Waals surface area (Å²) in [5.74, 6) is 1.25. The van der Waals surface area contributed by atoms with Gasteiger partial charge < -0.3 is 9.47 Å². The zero-order chi connectivity index (χ0) is 20.5. The fourth-order valence-electron chi connectivity index (χ4n) is 3.07. The Kier molecular flexibility index (Phi) is 5.31. The molecule has 3 rings (SSSR count). The average Bonchev–Trinajstić information content (AvgIpc) is 2.93. The monoisotopic (exact) mass is 406 g/mol. The van der Waals surface area contributed by atoms with Crippen molar-refractivity contribution in [3.05, 3.63) is 57.6 Å². The van der Waals surface area contributed by atoms with E-state index < -0.39 is 14.9 Å². The molecule has 1 aliphatic heterocycles. The number of nitrogens with zero attached hydrogens (tertiary/aromatic N) is 1. The van der Waals surface area contributed by atoms with Gasteiger partial charge in [-0.2, -0.15) is 0 Å². The van der Waals surface area contributed by atoms with E-state index >= 15 is 0 Å². The smallest absolute Gasteiger partial charge is 0.273 e. The molecule has 28 heavy (non-hydrogen) atoms. The van der Waals surface area contributed by atoms with Crippen LogP contribution in [0.3, 0.4) is 0 Å². The van der Waals surface area contributed by atoms with Crippen molar-refractivity contribution < 1.29 is 22.8 Å². The number of fused-ring (bicyclic) bond motifs is 1. The van der Waals surface area contributed by atoms with E-state index in [-0.39, 0.29) is 29.3 Å². The van der Waals surface area contributed by atoms with Crippen LogP contribution in [0.25, 0.3) is 0 Å². The molecule has 0 saturated heterocycles. The number of aryl methyl sites for hydroxylation is 1. The molecule has 0 aromatic heterocycles. The number of ether oxygens (including phenoxy) is 2. The molecule has 0 spiro atoms. The number of hydrogen-bond acceptors (Lipinski definition) is 6. The summed E-state index contributed by atoms with van der Waals surface area (Å²) in [7, 11) is -3.88. The van der Waals surface area contributed by atoms with Crippen LogP contribution >= 0.6 is 0 Å². The zero-order valence-corrected chi connectivity index (χ0v) is 16.7. The number of rotatable bonds is 7. The fraction of sp³-hybridized carbons (Fsp3) is 0.368. The van der Waals surface area contributed by atoms with Gasteiger partial charge in [0.2, 0.25) is 10.0 Å². The Hall–Kier alpha value is -2.65. The normalized spacial score (nSPS) is 15.0. The molecule has 0 amide bonds. The highest BCUT2D eigenvalue weighted by Gasteiger charge is 2.32. The molecule has 150 valence electrons. The molecule has 1 heterocycles. The molecule has 0 fully saturated rings. The highest BCUT2D eigenvalue weighted by Crippen LogP contribution is 2.41. The average molecular weight is 406 g/mol. The number of nitro groups is 1. The van der Waals surface area contributed by atoms with Crippen LogP contribution in [0.1, 0.15) is 25.0 Å². The molecular formula is C19H22N2O6S. The number of sulfonamides is 1. The fourth-order valence-corrected chi connectivity index (χ4v) is 4.11. The Morgan fingerprint density at radius 2 is 2.04 bits per heavy atom. The molecule has 0 atom stereocenters. The highest BCUT2D eigenvalue weighted by molar-refractivity contribution is 7.89. The Morgan fingerprint density at radius 1 is 1.29 bits per heavy atom. The van der Waals surface area contributed by atoms with Gasteiger partial charge in [-0.1, -0.05) is 18.2 Å². The Labute approximate surface area is 163 Å². The first-order chi connectivity index (χ1) is 13.1. The Morgan fingerprint density at radius 3 is 2.75 bits per heavy atom. The van der Waals surface area contributed by atoms with Crippen LogP contribution in [0.5, 0.6) is 11.5 Å². The molecule has 1 aliphatic rings. The van der Waals surface area contributed by atoms with Crippen molar-refractivity contribution in [2.75, 3.05) is 13.2 Å². The van der Waals surface area contributed by atoms with Crippen molar-refractivity contribution in [1.82, 2.24) is 4.72 Å². The van der Waals surface area contributed by atoms with Gasteiger partial charge in [-0.25, -0.2) is 13.1 Å². The van der Waals surface area contributed by atoms with Gasteiger partial charge in [0.25, 0.3) is 5.69 Å². The largest absolute Gasteiger partial charge is 0.488 e. The molecule has 0 radical (unpaired) electrons. The molecule has 1 N–H and O–H groups in total. The minimum Gasteiger partial charge on any atom is -0.488 e. The first kappa shape index (κ1) is 20.1. The third-order valence-corrected chi connectivity index (χ3v) is 5.85. The minimum absolute atomic E-state index is 0.0110. The van der Waals surface area contributed by atoms with Gasteiger partial charge in [0.1, 0.15) is 12.2 Å². The van der Waals surface area contributed by atoms with Gasteiger partial charge >= 0.3 is 0 Å². The van der Waals surface area contributed by atoms with Crippen molar-refractivity contribution in [3.8, 4) is 11.5 Å². The van der Waals surface area contributed by atoms with Gasteiger partial charge in [-0.05, 0) is 32.9 Å². The number of nitrogens with one attached hydrogen (secondary N) is 1. The maximum Gasteiger partial charge on any atom is 0.273 e. The third kappa shape index (κ3) is 4.26. The lowest BCUT2D eigenvalue weighted by molar-refractivity contribution is -0.385. The minimum atomic E-state index is -3.88. The second-order valence-corrected chi connectivity index (χ2v) is 9.00. The predicted octanol–water partition coefficient (Wildman–Crippen LogP) is 2.97. The van der Waals surface area contributed by atoms with Crippen LogP contribution in [-0.4, -0.2) is 32.1 Å². The van der Waals surface area contributed by atoms with Crippen molar-refractivity contribution >= 4 is 15.7 Å². The topological polar surface area (TPSA) is 108 Å². The molecule has 2 aromatic carbocycles. The van der Waals surface area contributed by atoms with E-state index in [9.17, 15) is 18.5 Å². The van der Waals surface area contributed by atoms with E-state index in [1.807, 2.05) is 26.0 Å². The SMILES string of the molecule is Cc1ccc(S(=O)(=O)NCCOc2cccc3c2OC(C)(C)C3)cc1[N+](=O)[O-]. The summed E-state index contributed by atoms with van der Waals surface area (Å²) in [6.45, 7) is 5.64. The lowest BCUT2D eigenvalue weighted by Gasteiger charge is -2.18. The summed E-state index contributed by atoms with van der Waals surface area (Å²) in [6.07, 6.45) is 0.776. The summed E-state index contributed by atoms with van der Waals surface area (Å²) in [6, 6.07) is 9.43. The molecular weight excluding hydrogens is 384 g/mol. The maximum absolute atomic E-state index is 12.4. The quantitative estimate of drug-likeness (QED) is 0.430. The van der Waals surface area contributed by atoms with Crippen LogP contribution in [0.2, 0.25) is 0 Å². The van der Waals surface area contributed by atoms with Gasteiger partial charge in [0.05, 0.1) is 9.82 Å². The summed E-state index contributed by atoms with van der Waals surface area (Å²) in [4.78, 5) is 10.3. The molecule has 8 nitrogen and oxygen atoms in total. The standard InChI is InChI=1S/C19H22N2O6S/c1-13-7-8-15(11-16(13)21(22)23)28(24,25)20-9-10-26-17-6-4-5-14-12-19(2,3)27-18(14)17/h4-8,11,20H,9-10,12H2,1-3H3. The van der Waals surface area contributed by atoms with Crippen LogP contribution in [0, 0.1) is 17.0 Å². The maximum atomic E-state index is 12.4. The lowest BCUT2D eigenvalue weighted by Crippen LogP contribution is -2.28. The van der Waals surface area contributed by atoms with Crippen LogP contribution in [0.15, 0.2) is 41.3 Å². The second-order valence-electron chi connectivity index (χ2n) is 7.23. The van der Waals surface area contributed by atoms with E-state index in [4.69, 9.17) is 9.47 Å². The van der Waals surface area contributed by atoms with E-state index in [0.29, 0.717) is 17.1 Å². The van der Waals surface area contributed by atoms with Crippen molar-refractivity contribution in [2.24, 2.45) is 0 Å². The summed E-state index contributed by atoms with van der Waals surface area (Å²) >= 11 is 0. The van der Waals surface area contributed by atoms with Crippen LogP contribution in [0.4, 0.5) is 5.69 Å². The summed E-state index contributed by atoms with van der Waals surface area (Å²) < 4.78 is 38.8. The molecule has 0 saturated carbocycles. The Balaban J connectivity index is 1.63. The number of benzene rings is 2. The van der Waals surface area contributed by atoms with Gasteiger partial charge in [-0.3, -0.25) is 10.1 Å². The zero-order valence-electron chi connectivity index (χ0n) is 15.9. The number of para-hydroxylation sites is 1. The first-order valence-electron chi connectivity index (χ1n) is 8.77. The van der Waals surface area contributed by atoms with Crippen LogP contribution in [-0.2, 0) is 16.4 Å². The summed E-state index contributed by atoms with van der Waals surface area (Å²) in [5, 5.41) is 11.0. The second kappa shape index (κ2) is 7.40. The van der Waals surface area contributed by atoms with E-state index in [1.54, 1.807) is 13.0 Å². The highest BCUT2D eigenvalue weighted by atomic mass is 32.2. The third-order valence-electron chi connectivity index (χ3n) is 4.39. The summed E-state index contributed by atoms with van der Waals surface area (Å²) in [5.41, 5.74) is 0.908. The van der Waals surface area contributed by atoms with E-state index in [1.165, 1.54) is 12.1 Å². The molecule has 9 heteroatoms. The molecule has 0 unspecified atom stereocenters. The van der Waals surface area contributed by atoms with Gasteiger partial charge in [0.15, 0.2) is 11.5 Å². The predicted molar refractivity (Wildman–Crippen MR) is 103 cm³/mol. The number of hydrogen-bond donors (Lipinski definition) is 1. The van der Waals surface area contributed by atoms with Gasteiger partial charge in [-0.15, -0.1) is 0 Å². The van der Waals surface area contributed by atoms with Crippen molar-refractivity contribution in [2.45, 2.75) is 37.7 Å². The molecule has 0 aliphatic carbocycles. The first-order valence-corrected chi connectivity index (χ1v) is 10.3. The molecule has 2 aromatic rings. The lowest BCUT2D eigenvalue weighted by atomic mass is 10.0. The van der Waals surface area contributed by atoms with E-state index in [0.717, 1.165) is 18.1 Å². The number of nitro benzene ring substituents is 1. The van der Waals surface area contributed by atoms with Crippen molar-refractivity contribution in [3.63, 3.8) is 0 Å². The van der Waals surface area contributed by atoms with Crippen LogP contribution < -0.4 is 14.2 Å².